The fraction of sp³-hybridized carbons (Fsp3) is 0.400. The summed E-state index contributed by atoms with van der Waals surface area (Å²) in [6, 6.07) is 9.80. The summed E-state index contributed by atoms with van der Waals surface area (Å²) in [6.45, 7) is 3.41. The second-order valence-corrected chi connectivity index (χ2v) is 4.34. The lowest BCUT2D eigenvalue weighted by atomic mass is 10.0. The van der Waals surface area contributed by atoms with Crippen LogP contribution >= 0.6 is 0 Å². The molecule has 0 aliphatic carbocycles. The van der Waals surface area contributed by atoms with Crippen molar-refractivity contribution in [2.24, 2.45) is 0 Å². The molecular formula is C15H19NO2. The molecule has 0 aliphatic rings. The number of pyridine rings is 1. The highest BCUT2D eigenvalue weighted by Crippen LogP contribution is 2.24. The summed E-state index contributed by atoms with van der Waals surface area (Å²) in [6.07, 6.45) is 2.86. The molecule has 0 saturated carbocycles. The fourth-order valence-corrected chi connectivity index (χ4v) is 1.99. The number of aliphatic hydroxyl groups is 1. The van der Waals surface area contributed by atoms with Gasteiger partial charge in [0.05, 0.1) is 11.6 Å². The zero-order chi connectivity index (χ0) is 12.8. The number of ether oxygens (including phenoxy) is 1. The van der Waals surface area contributed by atoms with Crippen molar-refractivity contribution in [2.45, 2.75) is 25.9 Å². The van der Waals surface area contributed by atoms with Crippen molar-refractivity contribution in [3.05, 3.63) is 42.1 Å². The first-order chi connectivity index (χ1) is 8.83. The van der Waals surface area contributed by atoms with Gasteiger partial charge in [-0.15, -0.1) is 0 Å². The zero-order valence-electron chi connectivity index (χ0n) is 10.7. The molecule has 0 saturated heterocycles. The van der Waals surface area contributed by atoms with Crippen molar-refractivity contribution < 1.29 is 9.84 Å². The second-order valence-electron chi connectivity index (χ2n) is 4.34. The van der Waals surface area contributed by atoms with Crippen molar-refractivity contribution in [3.63, 3.8) is 0 Å². The maximum absolute atomic E-state index is 10.2. The standard InChI is InChI=1S/C15H19NO2/c1-2-10-18-11-8-14(17)13-7-3-5-12-6-4-9-16-15(12)13/h3-7,9,14,17H,2,8,10-11H2,1H3. The topological polar surface area (TPSA) is 42.4 Å². The van der Waals surface area contributed by atoms with Crippen LogP contribution in [0.4, 0.5) is 0 Å². The fourth-order valence-electron chi connectivity index (χ4n) is 1.99. The average Bonchev–Trinajstić information content (AvgIpc) is 2.43. The Morgan fingerprint density at radius 3 is 2.89 bits per heavy atom. The molecule has 1 aromatic carbocycles. The third kappa shape index (κ3) is 3.06. The van der Waals surface area contributed by atoms with Gasteiger partial charge in [-0.3, -0.25) is 4.98 Å². The largest absolute Gasteiger partial charge is 0.388 e. The van der Waals surface area contributed by atoms with Gasteiger partial charge in [-0.1, -0.05) is 31.2 Å². The van der Waals surface area contributed by atoms with Crippen LogP contribution in [0.3, 0.4) is 0 Å². The number of aliphatic hydroxyl groups excluding tert-OH is 1. The number of hydrogen-bond acceptors (Lipinski definition) is 3. The Hall–Kier alpha value is -1.45. The van der Waals surface area contributed by atoms with Crippen molar-refractivity contribution in [2.75, 3.05) is 13.2 Å². The van der Waals surface area contributed by atoms with Gasteiger partial charge < -0.3 is 9.84 Å². The minimum absolute atomic E-state index is 0.513. The van der Waals surface area contributed by atoms with Gasteiger partial charge in [0.2, 0.25) is 0 Å². The predicted molar refractivity (Wildman–Crippen MR) is 72.4 cm³/mol. The van der Waals surface area contributed by atoms with Gasteiger partial charge in [0, 0.05) is 36.8 Å². The molecule has 1 unspecified atom stereocenters. The van der Waals surface area contributed by atoms with Crippen LogP contribution in [-0.2, 0) is 4.74 Å². The van der Waals surface area contributed by atoms with Crippen LogP contribution in [0.1, 0.15) is 31.4 Å². The molecule has 96 valence electrons. The summed E-state index contributed by atoms with van der Waals surface area (Å²) in [7, 11) is 0. The number of fused-ring (bicyclic) bond motifs is 1. The normalized spacial score (nSPS) is 12.8. The van der Waals surface area contributed by atoms with Crippen LogP contribution in [0.25, 0.3) is 10.9 Å². The van der Waals surface area contributed by atoms with E-state index in [1.165, 1.54) is 0 Å². The highest BCUT2D eigenvalue weighted by molar-refractivity contribution is 5.81. The SMILES string of the molecule is CCCOCCC(O)c1cccc2cccnc12. The van der Waals surface area contributed by atoms with E-state index in [0.717, 1.165) is 29.5 Å². The Bertz CT molecular complexity index is 493. The molecule has 1 aromatic heterocycles. The van der Waals surface area contributed by atoms with Gasteiger partial charge >= 0.3 is 0 Å². The van der Waals surface area contributed by atoms with Gasteiger partial charge in [-0.25, -0.2) is 0 Å². The molecule has 2 aromatic rings. The molecule has 0 aliphatic heterocycles. The molecule has 0 amide bonds. The molecule has 1 N–H and O–H groups in total. The number of benzene rings is 1. The summed E-state index contributed by atoms with van der Waals surface area (Å²) in [5, 5.41) is 11.3. The molecule has 0 bridgehead atoms. The number of para-hydroxylation sites is 1. The van der Waals surface area contributed by atoms with Crippen LogP contribution in [0, 0.1) is 0 Å². The molecule has 0 fully saturated rings. The van der Waals surface area contributed by atoms with Crippen molar-refractivity contribution in [3.8, 4) is 0 Å². The molecular weight excluding hydrogens is 226 g/mol. The van der Waals surface area contributed by atoms with Gasteiger partial charge in [-0.2, -0.15) is 0 Å². The van der Waals surface area contributed by atoms with Crippen molar-refractivity contribution in [1.29, 1.82) is 0 Å². The molecule has 1 atom stereocenters. The summed E-state index contributed by atoms with van der Waals surface area (Å²) >= 11 is 0. The van der Waals surface area contributed by atoms with Crippen LogP contribution in [0.5, 0.6) is 0 Å². The molecule has 3 heteroatoms. The Kier molecular flexibility index (Phi) is 4.67. The third-order valence-electron chi connectivity index (χ3n) is 2.91. The van der Waals surface area contributed by atoms with E-state index in [0.29, 0.717) is 13.0 Å². The first-order valence-corrected chi connectivity index (χ1v) is 6.42. The highest BCUT2D eigenvalue weighted by atomic mass is 16.5. The molecule has 2 rings (SSSR count). The third-order valence-corrected chi connectivity index (χ3v) is 2.91. The molecule has 18 heavy (non-hydrogen) atoms. The van der Waals surface area contributed by atoms with Crippen LogP contribution < -0.4 is 0 Å². The Morgan fingerprint density at radius 1 is 1.22 bits per heavy atom. The summed E-state index contributed by atoms with van der Waals surface area (Å²) in [5.41, 5.74) is 1.76. The van der Waals surface area contributed by atoms with Crippen LogP contribution in [-0.4, -0.2) is 23.3 Å². The van der Waals surface area contributed by atoms with Gasteiger partial charge in [0.15, 0.2) is 0 Å². The molecule has 0 radical (unpaired) electrons. The van der Waals surface area contributed by atoms with E-state index in [1.807, 2.05) is 30.3 Å². The van der Waals surface area contributed by atoms with Crippen molar-refractivity contribution in [1.82, 2.24) is 4.98 Å². The molecule has 3 nitrogen and oxygen atoms in total. The van der Waals surface area contributed by atoms with Gasteiger partial charge in [-0.05, 0) is 12.5 Å². The smallest absolute Gasteiger partial charge is 0.0833 e. The molecule has 1 heterocycles. The number of nitrogens with zero attached hydrogens (tertiary/aromatic N) is 1. The second kappa shape index (κ2) is 6.47. The first kappa shape index (κ1) is 13.0. The Morgan fingerprint density at radius 2 is 2.06 bits per heavy atom. The Balaban J connectivity index is 2.10. The van der Waals surface area contributed by atoms with E-state index in [9.17, 15) is 5.11 Å². The monoisotopic (exact) mass is 245 g/mol. The van der Waals surface area contributed by atoms with Gasteiger partial charge in [0.25, 0.3) is 0 Å². The van der Waals surface area contributed by atoms with Crippen LogP contribution in [0.15, 0.2) is 36.5 Å². The first-order valence-electron chi connectivity index (χ1n) is 6.42. The summed E-state index contributed by atoms with van der Waals surface area (Å²) in [5.74, 6) is 0. The van der Waals surface area contributed by atoms with Crippen LogP contribution in [0.2, 0.25) is 0 Å². The number of hydrogen-bond donors (Lipinski definition) is 1. The predicted octanol–water partition coefficient (Wildman–Crippen LogP) is 3.08. The summed E-state index contributed by atoms with van der Waals surface area (Å²) < 4.78 is 5.41. The summed E-state index contributed by atoms with van der Waals surface area (Å²) in [4.78, 5) is 4.35. The van der Waals surface area contributed by atoms with Crippen molar-refractivity contribution >= 4 is 10.9 Å². The molecule has 0 spiro atoms. The quantitative estimate of drug-likeness (QED) is 0.795. The minimum Gasteiger partial charge on any atom is -0.388 e. The lowest BCUT2D eigenvalue weighted by Crippen LogP contribution is -2.05. The zero-order valence-corrected chi connectivity index (χ0v) is 10.7. The van der Waals surface area contributed by atoms with E-state index in [1.54, 1.807) is 6.20 Å². The maximum Gasteiger partial charge on any atom is 0.0833 e. The van der Waals surface area contributed by atoms with E-state index in [2.05, 4.69) is 11.9 Å². The van der Waals surface area contributed by atoms with E-state index in [-0.39, 0.29) is 0 Å². The lowest BCUT2D eigenvalue weighted by Gasteiger charge is -2.13. The highest BCUT2D eigenvalue weighted by Gasteiger charge is 2.11. The average molecular weight is 245 g/mol. The van der Waals surface area contributed by atoms with Gasteiger partial charge in [0.1, 0.15) is 0 Å². The maximum atomic E-state index is 10.2. The lowest BCUT2D eigenvalue weighted by molar-refractivity contribution is 0.0827. The Labute approximate surface area is 107 Å². The van der Waals surface area contributed by atoms with E-state index in [4.69, 9.17) is 4.74 Å². The number of rotatable bonds is 6. The van der Waals surface area contributed by atoms with E-state index < -0.39 is 6.10 Å². The number of aromatic nitrogens is 1. The minimum atomic E-state index is -0.513. The van der Waals surface area contributed by atoms with E-state index >= 15 is 0 Å².